The predicted octanol–water partition coefficient (Wildman–Crippen LogP) is 2.49. The van der Waals surface area contributed by atoms with Crippen LogP contribution in [0.3, 0.4) is 0 Å². The molecule has 0 aliphatic carbocycles. The highest BCUT2D eigenvalue weighted by Crippen LogP contribution is 2.15. The monoisotopic (exact) mass is 242 g/mol. The summed E-state index contributed by atoms with van der Waals surface area (Å²) in [5.74, 6) is 0.434. The Labute approximate surface area is 106 Å². The summed E-state index contributed by atoms with van der Waals surface area (Å²) in [6, 6.07) is 6.91. The number of aromatic nitrogens is 2. The number of pyridine rings is 2. The number of hydrogen-bond acceptors (Lipinski definition) is 4. The van der Waals surface area contributed by atoms with Crippen molar-refractivity contribution in [2.24, 2.45) is 0 Å². The van der Waals surface area contributed by atoms with Crippen molar-refractivity contribution in [3.63, 3.8) is 0 Å². The van der Waals surface area contributed by atoms with E-state index in [2.05, 4.69) is 9.97 Å². The first-order valence-electron chi connectivity index (χ1n) is 5.74. The molecule has 0 atom stereocenters. The van der Waals surface area contributed by atoms with Crippen molar-refractivity contribution >= 4 is 5.78 Å². The Morgan fingerprint density at radius 2 is 2.11 bits per heavy atom. The van der Waals surface area contributed by atoms with Gasteiger partial charge in [-0.15, -0.1) is 0 Å². The zero-order valence-electron chi connectivity index (χ0n) is 10.3. The second kappa shape index (κ2) is 5.40. The number of nitrogens with zero attached hydrogens (tertiary/aromatic N) is 2. The summed E-state index contributed by atoms with van der Waals surface area (Å²) in [7, 11) is 0. The first-order valence-corrected chi connectivity index (χ1v) is 5.74. The van der Waals surface area contributed by atoms with E-state index >= 15 is 0 Å². The number of rotatable bonds is 4. The molecule has 0 N–H and O–H groups in total. The molecule has 0 amide bonds. The minimum Gasteiger partial charge on any atom is -0.489 e. The molecule has 2 rings (SSSR count). The summed E-state index contributed by atoms with van der Waals surface area (Å²) in [5.41, 5.74) is 0.882. The van der Waals surface area contributed by atoms with Gasteiger partial charge in [0.2, 0.25) is 5.78 Å². The molecule has 2 heterocycles. The fourth-order valence-corrected chi connectivity index (χ4v) is 1.52. The third kappa shape index (κ3) is 2.91. The normalized spacial score (nSPS) is 10.4. The molecule has 0 unspecified atom stereocenters. The topological polar surface area (TPSA) is 52.1 Å². The van der Waals surface area contributed by atoms with Crippen LogP contribution >= 0.6 is 0 Å². The van der Waals surface area contributed by atoms with Gasteiger partial charge >= 0.3 is 0 Å². The minimum absolute atomic E-state index is 0.0482. The molecular formula is C14H14N2O2. The van der Waals surface area contributed by atoms with Crippen molar-refractivity contribution < 1.29 is 9.53 Å². The number of carbonyl (C=O) groups excluding carboxylic acids is 1. The highest BCUT2D eigenvalue weighted by atomic mass is 16.5. The zero-order chi connectivity index (χ0) is 13.0. The molecule has 2 aromatic rings. The molecular weight excluding hydrogens is 228 g/mol. The Bertz CT molecular complexity index is 539. The lowest BCUT2D eigenvalue weighted by molar-refractivity contribution is 0.103. The van der Waals surface area contributed by atoms with Crippen LogP contribution in [-0.4, -0.2) is 21.9 Å². The van der Waals surface area contributed by atoms with Crippen LogP contribution in [0, 0.1) is 0 Å². The van der Waals surface area contributed by atoms with Gasteiger partial charge in [0, 0.05) is 18.0 Å². The van der Waals surface area contributed by atoms with Crippen LogP contribution in [-0.2, 0) is 0 Å². The van der Waals surface area contributed by atoms with Crippen molar-refractivity contribution in [3.05, 3.63) is 54.1 Å². The molecule has 0 saturated carbocycles. The van der Waals surface area contributed by atoms with Gasteiger partial charge in [-0.3, -0.25) is 14.8 Å². The summed E-state index contributed by atoms with van der Waals surface area (Å²) in [6.07, 6.45) is 4.75. The molecule has 2 aromatic heterocycles. The molecule has 4 nitrogen and oxygen atoms in total. The van der Waals surface area contributed by atoms with Crippen LogP contribution < -0.4 is 4.74 Å². The van der Waals surface area contributed by atoms with Gasteiger partial charge in [-0.05, 0) is 32.0 Å². The maximum atomic E-state index is 12.1. The van der Waals surface area contributed by atoms with Gasteiger partial charge in [0.05, 0.1) is 12.3 Å². The van der Waals surface area contributed by atoms with Gasteiger partial charge in [-0.25, -0.2) is 0 Å². The smallest absolute Gasteiger partial charge is 0.213 e. The first-order chi connectivity index (χ1) is 8.66. The van der Waals surface area contributed by atoms with E-state index < -0.39 is 0 Å². The standard InChI is InChI=1S/C14H14N2O2/c1-10(2)18-12-7-11(8-15-9-12)14(17)13-5-3-4-6-16-13/h3-10H,1-2H3. The molecule has 4 heteroatoms. The number of hydrogen-bond donors (Lipinski definition) is 0. The van der Waals surface area contributed by atoms with E-state index in [1.807, 2.05) is 13.8 Å². The number of carbonyl (C=O) groups is 1. The Kier molecular flexibility index (Phi) is 3.67. The molecule has 0 aliphatic heterocycles. The van der Waals surface area contributed by atoms with Crippen LogP contribution in [0.15, 0.2) is 42.9 Å². The maximum absolute atomic E-state index is 12.1. The van der Waals surface area contributed by atoms with Crippen LogP contribution in [0.1, 0.15) is 29.9 Å². The summed E-state index contributed by atoms with van der Waals surface area (Å²) in [4.78, 5) is 20.2. The number of ether oxygens (including phenoxy) is 1. The first kappa shape index (κ1) is 12.2. The number of ketones is 1. The van der Waals surface area contributed by atoms with Gasteiger partial charge in [-0.2, -0.15) is 0 Å². The van der Waals surface area contributed by atoms with E-state index in [4.69, 9.17) is 4.74 Å². The molecule has 0 aliphatic rings. The lowest BCUT2D eigenvalue weighted by Gasteiger charge is -2.09. The summed E-state index contributed by atoms with van der Waals surface area (Å²) in [6.45, 7) is 3.85. The van der Waals surface area contributed by atoms with Gasteiger partial charge in [-0.1, -0.05) is 6.07 Å². The van der Waals surface area contributed by atoms with Crippen LogP contribution in [0.5, 0.6) is 5.75 Å². The van der Waals surface area contributed by atoms with Crippen LogP contribution in [0.4, 0.5) is 0 Å². The highest BCUT2D eigenvalue weighted by Gasteiger charge is 2.11. The summed E-state index contributed by atoms with van der Waals surface area (Å²) < 4.78 is 5.51. The Morgan fingerprint density at radius 1 is 1.28 bits per heavy atom. The van der Waals surface area contributed by atoms with Crippen molar-refractivity contribution in [3.8, 4) is 5.75 Å². The van der Waals surface area contributed by atoms with Crippen molar-refractivity contribution in [2.75, 3.05) is 0 Å². The second-order valence-electron chi connectivity index (χ2n) is 4.12. The Morgan fingerprint density at radius 3 is 2.78 bits per heavy atom. The van der Waals surface area contributed by atoms with E-state index in [1.54, 1.807) is 36.7 Å². The molecule has 0 radical (unpaired) electrons. The molecule has 0 bridgehead atoms. The van der Waals surface area contributed by atoms with Crippen molar-refractivity contribution in [1.29, 1.82) is 0 Å². The quantitative estimate of drug-likeness (QED) is 0.773. The van der Waals surface area contributed by atoms with Crippen LogP contribution in [0.2, 0.25) is 0 Å². The van der Waals surface area contributed by atoms with E-state index in [0.717, 1.165) is 0 Å². The summed E-state index contributed by atoms with van der Waals surface area (Å²) in [5, 5.41) is 0. The minimum atomic E-state index is -0.155. The average Bonchev–Trinajstić information content (AvgIpc) is 2.38. The van der Waals surface area contributed by atoms with E-state index in [1.165, 1.54) is 6.20 Å². The Hall–Kier alpha value is -2.23. The molecule has 18 heavy (non-hydrogen) atoms. The lowest BCUT2D eigenvalue weighted by atomic mass is 10.1. The lowest BCUT2D eigenvalue weighted by Crippen LogP contribution is -2.08. The van der Waals surface area contributed by atoms with Crippen molar-refractivity contribution in [1.82, 2.24) is 9.97 Å². The highest BCUT2D eigenvalue weighted by molar-refractivity contribution is 6.07. The molecule has 92 valence electrons. The SMILES string of the molecule is CC(C)Oc1cncc(C(=O)c2ccccn2)c1. The van der Waals surface area contributed by atoms with E-state index in [0.29, 0.717) is 17.0 Å². The fourth-order valence-electron chi connectivity index (χ4n) is 1.52. The van der Waals surface area contributed by atoms with Gasteiger partial charge in [0.1, 0.15) is 11.4 Å². The van der Waals surface area contributed by atoms with Gasteiger partial charge < -0.3 is 4.74 Å². The van der Waals surface area contributed by atoms with E-state index in [-0.39, 0.29) is 11.9 Å². The van der Waals surface area contributed by atoms with Crippen molar-refractivity contribution in [2.45, 2.75) is 20.0 Å². The van der Waals surface area contributed by atoms with Gasteiger partial charge in [0.15, 0.2) is 0 Å². The average molecular weight is 242 g/mol. The predicted molar refractivity (Wildman–Crippen MR) is 67.7 cm³/mol. The third-order valence-corrected chi connectivity index (χ3v) is 2.24. The largest absolute Gasteiger partial charge is 0.489 e. The third-order valence-electron chi connectivity index (χ3n) is 2.24. The van der Waals surface area contributed by atoms with Gasteiger partial charge in [0.25, 0.3) is 0 Å². The molecule has 0 saturated heterocycles. The van der Waals surface area contributed by atoms with E-state index in [9.17, 15) is 4.79 Å². The Balaban J connectivity index is 2.26. The fraction of sp³-hybridized carbons (Fsp3) is 0.214. The van der Waals surface area contributed by atoms with Crippen LogP contribution in [0.25, 0.3) is 0 Å². The second-order valence-corrected chi connectivity index (χ2v) is 4.12. The zero-order valence-corrected chi connectivity index (χ0v) is 10.3. The molecule has 0 fully saturated rings. The molecule has 0 spiro atoms. The molecule has 0 aromatic carbocycles. The maximum Gasteiger partial charge on any atom is 0.213 e. The summed E-state index contributed by atoms with van der Waals surface area (Å²) >= 11 is 0.